The summed E-state index contributed by atoms with van der Waals surface area (Å²) in [6.45, 7) is 8.04. The summed E-state index contributed by atoms with van der Waals surface area (Å²) in [5, 5.41) is 6.93. The molecule has 2 N–H and O–H groups in total. The molecule has 1 aliphatic heterocycles. The Morgan fingerprint density at radius 3 is 2.47 bits per heavy atom. The molecule has 5 nitrogen and oxygen atoms in total. The highest BCUT2D eigenvalue weighted by atomic mass is 35.5. The number of hydrogen-bond donors (Lipinski definition) is 2. The van der Waals surface area contributed by atoms with Crippen LogP contribution in [0.15, 0.2) is 42.5 Å². The molecular weight excluding hydrogens is 423 g/mol. The average Bonchev–Trinajstić information content (AvgIpc) is 2.77. The molecule has 0 radical (unpaired) electrons. The van der Waals surface area contributed by atoms with E-state index < -0.39 is 5.82 Å². The summed E-state index contributed by atoms with van der Waals surface area (Å²) in [7, 11) is 1.67. The van der Waals surface area contributed by atoms with E-state index in [0.29, 0.717) is 17.3 Å². The van der Waals surface area contributed by atoms with Gasteiger partial charge in [-0.25, -0.2) is 4.39 Å². The van der Waals surface area contributed by atoms with E-state index in [4.69, 9.17) is 28.6 Å². The molecule has 0 amide bonds. The van der Waals surface area contributed by atoms with E-state index in [0.717, 1.165) is 38.5 Å². The molecule has 3 rings (SSSR count). The van der Waals surface area contributed by atoms with Crippen LogP contribution in [0.4, 0.5) is 10.1 Å². The summed E-state index contributed by atoms with van der Waals surface area (Å²) in [6.07, 6.45) is 0. The highest BCUT2D eigenvalue weighted by Gasteiger charge is 2.24. The second-order valence-corrected chi connectivity index (χ2v) is 8.04. The van der Waals surface area contributed by atoms with Crippen molar-refractivity contribution < 1.29 is 9.13 Å². The van der Waals surface area contributed by atoms with Crippen LogP contribution in [0.1, 0.15) is 18.5 Å². The molecule has 8 heteroatoms. The van der Waals surface area contributed by atoms with Crippen LogP contribution in [0.2, 0.25) is 5.02 Å². The van der Waals surface area contributed by atoms with Crippen LogP contribution >= 0.6 is 23.8 Å². The van der Waals surface area contributed by atoms with Gasteiger partial charge in [-0.2, -0.15) is 0 Å². The van der Waals surface area contributed by atoms with E-state index in [-0.39, 0.29) is 11.1 Å². The first-order valence-electron chi connectivity index (χ1n) is 10.1. The fraction of sp³-hybridized carbons (Fsp3) is 0.409. The van der Waals surface area contributed by atoms with Crippen molar-refractivity contribution in [3.8, 4) is 5.75 Å². The number of nitrogens with zero attached hydrogens (tertiary/aromatic N) is 2. The van der Waals surface area contributed by atoms with Gasteiger partial charge >= 0.3 is 0 Å². The van der Waals surface area contributed by atoms with Gasteiger partial charge in [0.1, 0.15) is 11.6 Å². The number of rotatable bonds is 7. The maximum absolute atomic E-state index is 13.4. The van der Waals surface area contributed by atoms with Crippen molar-refractivity contribution in [2.45, 2.75) is 13.0 Å². The summed E-state index contributed by atoms with van der Waals surface area (Å²) < 4.78 is 18.7. The minimum absolute atomic E-state index is 0.0627. The molecule has 1 heterocycles. The topological polar surface area (TPSA) is 39.8 Å². The highest BCUT2D eigenvalue weighted by Crippen LogP contribution is 2.24. The van der Waals surface area contributed by atoms with Crippen LogP contribution < -0.4 is 15.4 Å². The van der Waals surface area contributed by atoms with Crippen molar-refractivity contribution in [1.82, 2.24) is 15.1 Å². The third-order valence-corrected chi connectivity index (χ3v) is 5.96. The number of halogens is 2. The fourth-order valence-electron chi connectivity index (χ4n) is 3.61. The predicted molar refractivity (Wildman–Crippen MR) is 125 cm³/mol. The Hall–Kier alpha value is -1.93. The minimum Gasteiger partial charge on any atom is -0.497 e. The lowest BCUT2D eigenvalue weighted by Crippen LogP contribution is -2.49. The van der Waals surface area contributed by atoms with Gasteiger partial charge < -0.3 is 20.3 Å². The fourth-order valence-corrected chi connectivity index (χ4v) is 4.00. The molecule has 1 saturated heterocycles. The third-order valence-electron chi connectivity index (χ3n) is 5.43. The van der Waals surface area contributed by atoms with Crippen LogP contribution in [0.3, 0.4) is 0 Å². The Morgan fingerprint density at radius 2 is 1.87 bits per heavy atom. The van der Waals surface area contributed by atoms with Crippen molar-refractivity contribution in [3.63, 3.8) is 0 Å². The Balaban J connectivity index is 1.66. The monoisotopic (exact) mass is 450 g/mol. The zero-order valence-corrected chi connectivity index (χ0v) is 18.9. The summed E-state index contributed by atoms with van der Waals surface area (Å²) in [6, 6.07) is 12.8. The van der Waals surface area contributed by atoms with Crippen LogP contribution in [-0.2, 0) is 0 Å². The van der Waals surface area contributed by atoms with Crippen molar-refractivity contribution in [2.24, 2.45) is 0 Å². The minimum atomic E-state index is -0.452. The second-order valence-electron chi connectivity index (χ2n) is 7.22. The van der Waals surface area contributed by atoms with Crippen LogP contribution in [0.25, 0.3) is 0 Å². The van der Waals surface area contributed by atoms with Gasteiger partial charge in [-0.05, 0) is 54.7 Å². The molecule has 2 aromatic rings. The number of hydrogen-bond acceptors (Lipinski definition) is 4. The van der Waals surface area contributed by atoms with E-state index >= 15 is 0 Å². The zero-order chi connectivity index (χ0) is 21.5. The molecule has 0 spiro atoms. The quantitative estimate of drug-likeness (QED) is 0.617. The third kappa shape index (κ3) is 6.04. The Bertz CT molecular complexity index is 844. The first-order chi connectivity index (χ1) is 14.5. The van der Waals surface area contributed by atoms with E-state index in [2.05, 4.69) is 39.5 Å². The molecule has 30 heavy (non-hydrogen) atoms. The van der Waals surface area contributed by atoms with Gasteiger partial charge in [-0.3, -0.25) is 4.90 Å². The van der Waals surface area contributed by atoms with Crippen molar-refractivity contribution >= 4 is 34.6 Å². The van der Waals surface area contributed by atoms with Gasteiger partial charge in [0.25, 0.3) is 0 Å². The highest BCUT2D eigenvalue weighted by molar-refractivity contribution is 7.80. The number of piperazine rings is 1. The van der Waals surface area contributed by atoms with Gasteiger partial charge in [-0.1, -0.05) is 30.7 Å². The number of ether oxygens (including phenoxy) is 1. The number of benzene rings is 2. The lowest BCUT2D eigenvalue weighted by Gasteiger charge is -2.39. The van der Waals surface area contributed by atoms with Gasteiger partial charge in [0.2, 0.25) is 0 Å². The lowest BCUT2D eigenvalue weighted by atomic mass is 10.0. The Morgan fingerprint density at radius 1 is 1.17 bits per heavy atom. The van der Waals surface area contributed by atoms with E-state index in [1.807, 2.05) is 12.1 Å². The average molecular weight is 451 g/mol. The summed E-state index contributed by atoms with van der Waals surface area (Å²) in [5.41, 5.74) is 1.86. The molecule has 0 bridgehead atoms. The molecule has 1 unspecified atom stereocenters. The maximum atomic E-state index is 13.4. The Kier molecular flexibility index (Phi) is 8.27. The van der Waals surface area contributed by atoms with Gasteiger partial charge in [0, 0.05) is 38.4 Å². The standard InChI is InChI=1S/C22H28ClFN4OS/c1-3-27-10-12-28(13-11-27)21(16-4-7-18(29-2)8-5-16)15-25-22(30)26-17-6-9-20(24)19(23)14-17/h4-9,14,21H,3,10-13,15H2,1-2H3,(H2,25,26,30). The van der Waals surface area contributed by atoms with Gasteiger partial charge in [-0.15, -0.1) is 0 Å². The molecule has 1 atom stereocenters. The van der Waals surface area contributed by atoms with Crippen LogP contribution in [0.5, 0.6) is 5.75 Å². The maximum Gasteiger partial charge on any atom is 0.170 e. The van der Waals surface area contributed by atoms with E-state index in [1.54, 1.807) is 13.2 Å². The molecule has 1 fully saturated rings. The molecular formula is C22H28ClFN4OS. The molecule has 0 aromatic heterocycles. The van der Waals surface area contributed by atoms with Crippen LogP contribution in [0, 0.1) is 5.82 Å². The SMILES string of the molecule is CCN1CCN(C(CNC(=S)Nc2ccc(F)c(Cl)c2)c2ccc(OC)cc2)CC1. The number of methoxy groups -OCH3 is 1. The zero-order valence-electron chi connectivity index (χ0n) is 17.3. The molecule has 0 aliphatic carbocycles. The molecule has 2 aromatic carbocycles. The normalized spacial score (nSPS) is 16.1. The summed E-state index contributed by atoms with van der Waals surface area (Å²) >= 11 is 11.3. The number of thiocarbonyl (C=S) groups is 1. The smallest absolute Gasteiger partial charge is 0.170 e. The predicted octanol–water partition coefficient (Wildman–Crippen LogP) is 4.15. The Labute approximate surface area is 188 Å². The van der Waals surface area contributed by atoms with Crippen molar-refractivity contribution in [1.29, 1.82) is 0 Å². The summed E-state index contributed by atoms with van der Waals surface area (Å²) in [4.78, 5) is 4.94. The molecule has 0 saturated carbocycles. The number of nitrogens with one attached hydrogen (secondary N) is 2. The number of anilines is 1. The number of likely N-dealkylation sites (N-methyl/N-ethyl adjacent to an activating group) is 1. The van der Waals surface area contributed by atoms with E-state index in [1.165, 1.54) is 17.7 Å². The van der Waals surface area contributed by atoms with Gasteiger partial charge in [0.05, 0.1) is 18.2 Å². The van der Waals surface area contributed by atoms with E-state index in [9.17, 15) is 4.39 Å². The molecule has 162 valence electrons. The first kappa shape index (κ1) is 22.7. The van der Waals surface area contributed by atoms with Crippen LogP contribution in [-0.4, -0.2) is 61.3 Å². The van der Waals surface area contributed by atoms with Gasteiger partial charge in [0.15, 0.2) is 5.11 Å². The molecule has 1 aliphatic rings. The van der Waals surface area contributed by atoms with Crippen molar-refractivity contribution in [3.05, 3.63) is 58.9 Å². The lowest BCUT2D eigenvalue weighted by molar-refractivity contribution is 0.100. The van der Waals surface area contributed by atoms with Crippen molar-refractivity contribution in [2.75, 3.05) is 51.7 Å². The largest absolute Gasteiger partial charge is 0.497 e. The second kappa shape index (κ2) is 10.9. The summed E-state index contributed by atoms with van der Waals surface area (Å²) in [5.74, 6) is 0.388. The first-order valence-corrected chi connectivity index (χ1v) is 10.9.